The molecule has 28 heavy (non-hydrogen) atoms. The first-order valence-electron chi connectivity index (χ1n) is 9.24. The Morgan fingerprint density at radius 3 is 2.89 bits per heavy atom. The van der Waals surface area contributed by atoms with Gasteiger partial charge in [0, 0.05) is 29.0 Å². The van der Waals surface area contributed by atoms with E-state index in [1.165, 1.54) is 4.88 Å². The predicted octanol–water partition coefficient (Wildman–Crippen LogP) is 4.69. The third kappa shape index (κ3) is 2.72. The Morgan fingerprint density at radius 2 is 2.11 bits per heavy atom. The van der Waals surface area contributed by atoms with Crippen molar-refractivity contribution in [2.24, 2.45) is 0 Å². The highest BCUT2D eigenvalue weighted by Gasteiger charge is 2.29. The average molecular weight is 389 g/mol. The number of carbonyl (C=O) groups excluding carboxylic acids is 1. The van der Waals surface area contributed by atoms with Crippen molar-refractivity contribution in [2.45, 2.75) is 25.7 Å². The molecule has 1 unspecified atom stereocenters. The van der Waals surface area contributed by atoms with Crippen molar-refractivity contribution in [3.8, 4) is 16.9 Å². The first kappa shape index (κ1) is 17.1. The molecule has 0 fully saturated rings. The summed E-state index contributed by atoms with van der Waals surface area (Å²) >= 11 is 1.71. The Morgan fingerprint density at radius 1 is 1.21 bits per heavy atom. The summed E-state index contributed by atoms with van der Waals surface area (Å²) in [6.45, 7) is 1.97. The number of aryl methyl sites for hydroxylation is 1. The lowest BCUT2D eigenvalue weighted by atomic mass is 9.85. The van der Waals surface area contributed by atoms with Crippen molar-refractivity contribution < 1.29 is 9.53 Å². The average Bonchev–Trinajstić information content (AvgIpc) is 3.34. The van der Waals surface area contributed by atoms with E-state index in [0.717, 1.165) is 40.3 Å². The SMILES string of the molecule is COc1cccc(-c2c(C)nn3cc4c(nc23)CC(c2cccs2)CC4=O)c1. The van der Waals surface area contributed by atoms with Crippen molar-refractivity contribution in [3.05, 3.63) is 69.8 Å². The number of aromatic nitrogens is 3. The Bertz CT molecular complexity index is 1190. The summed E-state index contributed by atoms with van der Waals surface area (Å²) in [6.07, 6.45) is 3.16. The van der Waals surface area contributed by atoms with Crippen LogP contribution in [0.4, 0.5) is 0 Å². The minimum atomic E-state index is 0.144. The molecule has 1 aliphatic carbocycles. The highest BCUT2D eigenvalue weighted by molar-refractivity contribution is 7.10. The summed E-state index contributed by atoms with van der Waals surface area (Å²) in [6, 6.07) is 12.1. The fourth-order valence-electron chi connectivity index (χ4n) is 3.99. The van der Waals surface area contributed by atoms with Crippen LogP contribution in [0.5, 0.6) is 5.75 Å². The molecule has 0 saturated carbocycles. The first-order chi connectivity index (χ1) is 13.6. The third-order valence-electron chi connectivity index (χ3n) is 5.34. The molecular formula is C22H19N3O2S. The van der Waals surface area contributed by atoms with Gasteiger partial charge in [0.15, 0.2) is 11.4 Å². The predicted molar refractivity (Wildman–Crippen MR) is 109 cm³/mol. The zero-order valence-electron chi connectivity index (χ0n) is 15.7. The maximum absolute atomic E-state index is 12.8. The molecule has 0 N–H and O–H groups in total. The number of hydrogen-bond donors (Lipinski definition) is 0. The molecule has 1 aromatic carbocycles. The summed E-state index contributed by atoms with van der Waals surface area (Å²) in [5.74, 6) is 1.14. The number of ketones is 1. The fourth-order valence-corrected chi connectivity index (χ4v) is 4.82. The number of Topliss-reactive ketones (excluding diaryl/α,β-unsaturated/α-hetero) is 1. The topological polar surface area (TPSA) is 56.5 Å². The van der Waals surface area contributed by atoms with E-state index in [1.54, 1.807) is 23.0 Å². The second kappa shape index (κ2) is 6.56. The van der Waals surface area contributed by atoms with Gasteiger partial charge in [-0.15, -0.1) is 11.3 Å². The van der Waals surface area contributed by atoms with Gasteiger partial charge in [0.05, 0.1) is 24.1 Å². The summed E-state index contributed by atoms with van der Waals surface area (Å²) in [5, 5.41) is 6.68. The lowest BCUT2D eigenvalue weighted by molar-refractivity contribution is 0.0963. The number of thiophene rings is 1. The Balaban J connectivity index is 1.66. The van der Waals surface area contributed by atoms with Crippen LogP contribution in [-0.2, 0) is 6.42 Å². The van der Waals surface area contributed by atoms with Crippen LogP contribution < -0.4 is 4.74 Å². The van der Waals surface area contributed by atoms with Crippen LogP contribution >= 0.6 is 11.3 Å². The Hall–Kier alpha value is -2.99. The van der Waals surface area contributed by atoms with Gasteiger partial charge in [-0.3, -0.25) is 4.79 Å². The third-order valence-corrected chi connectivity index (χ3v) is 6.37. The molecule has 0 aliphatic heterocycles. The monoisotopic (exact) mass is 389 g/mol. The zero-order chi connectivity index (χ0) is 19.3. The molecule has 140 valence electrons. The van der Waals surface area contributed by atoms with E-state index in [0.29, 0.717) is 12.0 Å². The zero-order valence-corrected chi connectivity index (χ0v) is 16.5. The number of rotatable bonds is 3. The van der Waals surface area contributed by atoms with Crippen molar-refractivity contribution in [1.29, 1.82) is 0 Å². The number of ether oxygens (including phenoxy) is 1. The van der Waals surface area contributed by atoms with Gasteiger partial charge in [0.25, 0.3) is 0 Å². The van der Waals surface area contributed by atoms with E-state index in [4.69, 9.17) is 9.72 Å². The van der Waals surface area contributed by atoms with Crippen LogP contribution in [0, 0.1) is 6.92 Å². The quantitative estimate of drug-likeness (QED) is 0.510. The van der Waals surface area contributed by atoms with E-state index in [9.17, 15) is 4.79 Å². The molecule has 5 nitrogen and oxygen atoms in total. The van der Waals surface area contributed by atoms with E-state index < -0.39 is 0 Å². The highest BCUT2D eigenvalue weighted by atomic mass is 32.1. The molecule has 3 aromatic heterocycles. The number of hydrogen-bond acceptors (Lipinski definition) is 5. The van der Waals surface area contributed by atoms with Crippen LogP contribution in [0.25, 0.3) is 16.8 Å². The number of carbonyl (C=O) groups is 1. The molecule has 5 rings (SSSR count). The van der Waals surface area contributed by atoms with Crippen molar-refractivity contribution in [1.82, 2.24) is 14.6 Å². The molecule has 0 spiro atoms. The second-order valence-corrected chi connectivity index (χ2v) is 8.08. The molecule has 4 aromatic rings. The van der Waals surface area contributed by atoms with Gasteiger partial charge >= 0.3 is 0 Å². The molecule has 0 saturated heterocycles. The number of benzene rings is 1. The summed E-state index contributed by atoms with van der Waals surface area (Å²) in [4.78, 5) is 19.0. The van der Waals surface area contributed by atoms with Crippen molar-refractivity contribution in [2.75, 3.05) is 7.11 Å². The Kier molecular flexibility index (Phi) is 4.02. The van der Waals surface area contributed by atoms with Crippen LogP contribution in [0.2, 0.25) is 0 Å². The smallest absolute Gasteiger partial charge is 0.166 e. The van der Waals surface area contributed by atoms with Crippen molar-refractivity contribution >= 4 is 22.8 Å². The largest absolute Gasteiger partial charge is 0.497 e. The summed E-state index contributed by atoms with van der Waals surface area (Å²) in [7, 11) is 1.66. The van der Waals surface area contributed by atoms with Crippen molar-refractivity contribution in [3.63, 3.8) is 0 Å². The number of fused-ring (bicyclic) bond motifs is 2. The summed E-state index contributed by atoms with van der Waals surface area (Å²) < 4.78 is 7.12. The van der Waals surface area contributed by atoms with E-state index in [1.807, 2.05) is 43.5 Å². The first-order valence-corrected chi connectivity index (χ1v) is 10.1. The Labute approximate surface area is 166 Å². The fraction of sp³-hybridized carbons (Fsp3) is 0.227. The molecule has 3 heterocycles. The van der Waals surface area contributed by atoms with Crippen LogP contribution in [-0.4, -0.2) is 27.5 Å². The number of methoxy groups -OCH3 is 1. The van der Waals surface area contributed by atoms with Crippen LogP contribution in [0.1, 0.15) is 39.0 Å². The maximum Gasteiger partial charge on any atom is 0.166 e. The standard InChI is InChI=1S/C22H19N3O2S/c1-13-21(14-5-3-6-16(9-14)27-2)22-23-18-10-15(20-7-4-8-28-20)11-19(26)17(18)12-25(22)24-13/h3-9,12,15H,10-11H2,1-2H3. The minimum absolute atomic E-state index is 0.144. The second-order valence-electron chi connectivity index (χ2n) is 7.11. The van der Waals surface area contributed by atoms with E-state index in [2.05, 4.69) is 16.5 Å². The lowest BCUT2D eigenvalue weighted by Gasteiger charge is -2.22. The maximum atomic E-state index is 12.8. The van der Waals surface area contributed by atoms with Gasteiger partial charge in [0.2, 0.25) is 0 Å². The summed E-state index contributed by atoms with van der Waals surface area (Å²) in [5.41, 5.74) is 5.21. The van der Waals surface area contributed by atoms with Gasteiger partial charge in [-0.25, -0.2) is 9.50 Å². The van der Waals surface area contributed by atoms with Gasteiger partial charge in [-0.2, -0.15) is 5.10 Å². The van der Waals surface area contributed by atoms with Crippen LogP contribution in [0.3, 0.4) is 0 Å². The molecule has 0 bridgehead atoms. The number of nitrogens with zero attached hydrogens (tertiary/aromatic N) is 3. The van der Waals surface area contributed by atoms with E-state index in [-0.39, 0.29) is 11.7 Å². The molecule has 0 amide bonds. The van der Waals surface area contributed by atoms with Gasteiger partial charge in [-0.1, -0.05) is 18.2 Å². The molecule has 6 heteroatoms. The normalized spacial score (nSPS) is 16.4. The lowest BCUT2D eigenvalue weighted by Crippen LogP contribution is -2.20. The van der Waals surface area contributed by atoms with Crippen LogP contribution in [0.15, 0.2) is 48.0 Å². The molecule has 0 radical (unpaired) electrons. The van der Waals surface area contributed by atoms with Gasteiger partial charge < -0.3 is 4.74 Å². The van der Waals surface area contributed by atoms with Gasteiger partial charge in [0.1, 0.15) is 5.75 Å². The van der Waals surface area contributed by atoms with Gasteiger partial charge in [-0.05, 0) is 42.5 Å². The molecule has 1 atom stereocenters. The molecular weight excluding hydrogens is 370 g/mol. The molecule has 1 aliphatic rings. The van der Waals surface area contributed by atoms with E-state index >= 15 is 0 Å². The highest BCUT2D eigenvalue weighted by Crippen LogP contribution is 2.36. The minimum Gasteiger partial charge on any atom is -0.497 e.